The van der Waals surface area contributed by atoms with Crippen LogP contribution in [0.25, 0.3) is 0 Å². The van der Waals surface area contributed by atoms with Crippen molar-refractivity contribution in [1.82, 2.24) is 0 Å². The van der Waals surface area contributed by atoms with Gasteiger partial charge in [0, 0.05) is 6.54 Å². The standard InChI is InChI=1S/C18H28N2O/c1-2-3-4-5-6-7-8-11-14-20-17-13-10-9-12-16(17)19-15-18(20)21/h9-10,12-13,19H,2-8,11,14-15H2,1H3. The summed E-state index contributed by atoms with van der Waals surface area (Å²) < 4.78 is 0. The minimum atomic E-state index is 0.191. The maximum Gasteiger partial charge on any atom is 0.246 e. The van der Waals surface area contributed by atoms with E-state index >= 15 is 0 Å². The van der Waals surface area contributed by atoms with Gasteiger partial charge in [-0.2, -0.15) is 0 Å². The summed E-state index contributed by atoms with van der Waals surface area (Å²) in [6.45, 7) is 3.53. The molecule has 1 aliphatic rings. The summed E-state index contributed by atoms with van der Waals surface area (Å²) in [5, 5.41) is 3.18. The van der Waals surface area contributed by atoms with Crippen LogP contribution in [0.4, 0.5) is 11.4 Å². The molecule has 1 aromatic carbocycles. The molecule has 0 saturated heterocycles. The van der Waals surface area contributed by atoms with Crippen LogP contribution in [0.3, 0.4) is 0 Å². The highest BCUT2D eigenvalue weighted by atomic mass is 16.2. The number of nitrogens with one attached hydrogen (secondary N) is 1. The molecule has 0 unspecified atom stereocenters. The maximum atomic E-state index is 12.1. The largest absolute Gasteiger partial charge is 0.374 e. The summed E-state index contributed by atoms with van der Waals surface area (Å²) >= 11 is 0. The van der Waals surface area contributed by atoms with Gasteiger partial charge in [-0.05, 0) is 18.6 Å². The first-order valence-corrected chi connectivity index (χ1v) is 8.46. The molecule has 0 saturated carbocycles. The van der Waals surface area contributed by atoms with Gasteiger partial charge in [0.15, 0.2) is 0 Å². The number of carbonyl (C=O) groups excluding carboxylic acids is 1. The predicted octanol–water partition coefficient (Wildman–Crippen LogP) is 4.59. The lowest BCUT2D eigenvalue weighted by atomic mass is 10.1. The molecule has 21 heavy (non-hydrogen) atoms. The molecule has 3 heteroatoms. The number of hydrogen-bond acceptors (Lipinski definition) is 2. The van der Waals surface area contributed by atoms with Crippen LogP contribution in [0.2, 0.25) is 0 Å². The van der Waals surface area contributed by atoms with Crippen molar-refractivity contribution in [1.29, 1.82) is 0 Å². The molecular weight excluding hydrogens is 260 g/mol. The van der Waals surface area contributed by atoms with Crippen LogP contribution in [-0.4, -0.2) is 19.0 Å². The number of hydrogen-bond donors (Lipinski definition) is 1. The zero-order valence-electron chi connectivity index (χ0n) is 13.2. The molecule has 1 heterocycles. The molecule has 1 amide bonds. The molecule has 0 bridgehead atoms. The second-order valence-corrected chi connectivity index (χ2v) is 5.89. The molecule has 1 aromatic rings. The van der Waals surface area contributed by atoms with Gasteiger partial charge in [0.25, 0.3) is 0 Å². The number of fused-ring (bicyclic) bond motifs is 1. The van der Waals surface area contributed by atoms with Crippen molar-refractivity contribution in [3.05, 3.63) is 24.3 Å². The predicted molar refractivity (Wildman–Crippen MR) is 89.9 cm³/mol. The number of para-hydroxylation sites is 2. The third-order valence-corrected chi connectivity index (χ3v) is 4.16. The third kappa shape index (κ3) is 4.76. The Bertz CT molecular complexity index is 445. The van der Waals surface area contributed by atoms with Gasteiger partial charge >= 0.3 is 0 Å². The van der Waals surface area contributed by atoms with E-state index in [4.69, 9.17) is 0 Å². The zero-order chi connectivity index (χ0) is 14.9. The summed E-state index contributed by atoms with van der Waals surface area (Å²) in [7, 11) is 0. The molecule has 0 fully saturated rings. The van der Waals surface area contributed by atoms with Crippen molar-refractivity contribution in [2.24, 2.45) is 0 Å². The highest BCUT2D eigenvalue weighted by Crippen LogP contribution is 2.29. The lowest BCUT2D eigenvalue weighted by Gasteiger charge is -2.30. The molecule has 0 radical (unpaired) electrons. The quantitative estimate of drug-likeness (QED) is 0.674. The molecule has 0 spiro atoms. The van der Waals surface area contributed by atoms with E-state index in [0.29, 0.717) is 6.54 Å². The number of carbonyl (C=O) groups is 1. The highest BCUT2D eigenvalue weighted by molar-refractivity contribution is 6.02. The Kier molecular flexibility index (Phi) is 6.58. The maximum absolute atomic E-state index is 12.1. The Labute approximate surface area is 128 Å². The number of benzene rings is 1. The van der Waals surface area contributed by atoms with Crippen LogP contribution < -0.4 is 10.2 Å². The Morgan fingerprint density at radius 2 is 1.67 bits per heavy atom. The average molecular weight is 288 g/mol. The molecule has 1 N–H and O–H groups in total. The normalized spacial score (nSPS) is 14.0. The molecule has 1 aliphatic heterocycles. The molecule has 3 nitrogen and oxygen atoms in total. The molecule has 2 rings (SSSR count). The number of rotatable bonds is 9. The fourth-order valence-corrected chi connectivity index (χ4v) is 2.91. The number of unbranched alkanes of at least 4 members (excludes halogenated alkanes) is 7. The van der Waals surface area contributed by atoms with Gasteiger partial charge in [0.2, 0.25) is 5.91 Å². The van der Waals surface area contributed by atoms with Gasteiger partial charge in [0.1, 0.15) is 0 Å². The Morgan fingerprint density at radius 1 is 1.00 bits per heavy atom. The van der Waals surface area contributed by atoms with E-state index in [1.165, 1.54) is 44.9 Å². The Hall–Kier alpha value is -1.51. The molecular formula is C18H28N2O. The van der Waals surface area contributed by atoms with Crippen molar-refractivity contribution in [2.45, 2.75) is 58.3 Å². The van der Waals surface area contributed by atoms with E-state index in [0.717, 1.165) is 24.3 Å². The summed E-state index contributed by atoms with van der Waals surface area (Å²) in [4.78, 5) is 14.0. The fraction of sp³-hybridized carbons (Fsp3) is 0.611. The summed E-state index contributed by atoms with van der Waals surface area (Å²) in [6.07, 6.45) is 10.4. The SMILES string of the molecule is CCCCCCCCCCN1C(=O)CNc2ccccc21. The third-order valence-electron chi connectivity index (χ3n) is 4.16. The van der Waals surface area contributed by atoms with Gasteiger partial charge in [-0.3, -0.25) is 4.79 Å². The van der Waals surface area contributed by atoms with Crippen molar-refractivity contribution in [3.8, 4) is 0 Å². The van der Waals surface area contributed by atoms with Crippen LogP contribution in [0, 0.1) is 0 Å². The average Bonchev–Trinajstić information content (AvgIpc) is 2.51. The van der Waals surface area contributed by atoms with Crippen LogP contribution >= 0.6 is 0 Å². The highest BCUT2D eigenvalue weighted by Gasteiger charge is 2.22. The molecule has 0 aromatic heterocycles. The smallest absolute Gasteiger partial charge is 0.246 e. The molecule has 0 atom stereocenters. The second-order valence-electron chi connectivity index (χ2n) is 5.89. The first-order valence-electron chi connectivity index (χ1n) is 8.46. The topological polar surface area (TPSA) is 32.3 Å². The number of nitrogens with zero attached hydrogens (tertiary/aromatic N) is 1. The first-order chi connectivity index (χ1) is 10.3. The van der Waals surface area contributed by atoms with E-state index in [1.807, 2.05) is 29.2 Å². The van der Waals surface area contributed by atoms with Crippen molar-refractivity contribution in [3.63, 3.8) is 0 Å². The lowest BCUT2D eigenvalue weighted by molar-refractivity contribution is -0.117. The van der Waals surface area contributed by atoms with Gasteiger partial charge in [-0.15, -0.1) is 0 Å². The van der Waals surface area contributed by atoms with Crippen LogP contribution in [-0.2, 0) is 4.79 Å². The van der Waals surface area contributed by atoms with Crippen LogP contribution in [0.5, 0.6) is 0 Å². The number of anilines is 2. The monoisotopic (exact) mass is 288 g/mol. The fourth-order valence-electron chi connectivity index (χ4n) is 2.91. The number of amides is 1. The summed E-state index contributed by atoms with van der Waals surface area (Å²) in [6, 6.07) is 8.09. The van der Waals surface area contributed by atoms with E-state index in [9.17, 15) is 4.79 Å². The van der Waals surface area contributed by atoms with Crippen LogP contribution in [0.15, 0.2) is 24.3 Å². The Morgan fingerprint density at radius 3 is 2.43 bits per heavy atom. The molecule has 116 valence electrons. The van der Waals surface area contributed by atoms with Crippen molar-refractivity contribution in [2.75, 3.05) is 23.3 Å². The van der Waals surface area contributed by atoms with E-state index in [1.54, 1.807) is 0 Å². The minimum Gasteiger partial charge on any atom is -0.374 e. The summed E-state index contributed by atoms with van der Waals surface area (Å²) in [5.74, 6) is 0.191. The van der Waals surface area contributed by atoms with E-state index in [2.05, 4.69) is 12.2 Å². The first kappa shape index (κ1) is 15.9. The van der Waals surface area contributed by atoms with Crippen molar-refractivity contribution < 1.29 is 4.79 Å². The van der Waals surface area contributed by atoms with E-state index in [-0.39, 0.29) is 5.91 Å². The van der Waals surface area contributed by atoms with Gasteiger partial charge in [0.05, 0.1) is 17.9 Å². The zero-order valence-corrected chi connectivity index (χ0v) is 13.2. The van der Waals surface area contributed by atoms with Gasteiger partial charge in [-0.25, -0.2) is 0 Å². The van der Waals surface area contributed by atoms with Gasteiger partial charge < -0.3 is 10.2 Å². The lowest BCUT2D eigenvalue weighted by Crippen LogP contribution is -2.40. The second kappa shape index (κ2) is 8.71. The van der Waals surface area contributed by atoms with Crippen molar-refractivity contribution >= 4 is 17.3 Å². The minimum absolute atomic E-state index is 0.191. The molecule has 0 aliphatic carbocycles. The Balaban J connectivity index is 1.70. The summed E-state index contributed by atoms with van der Waals surface area (Å²) in [5.41, 5.74) is 2.12. The van der Waals surface area contributed by atoms with E-state index < -0.39 is 0 Å². The van der Waals surface area contributed by atoms with Gasteiger partial charge in [-0.1, -0.05) is 64.0 Å². The van der Waals surface area contributed by atoms with Crippen LogP contribution in [0.1, 0.15) is 58.3 Å².